The number of rotatable bonds is 5. The van der Waals surface area contributed by atoms with Crippen LogP contribution in [0.15, 0.2) is 30.3 Å². The first-order valence-electron chi connectivity index (χ1n) is 6.58. The van der Waals surface area contributed by atoms with Crippen LogP contribution in [0.25, 0.3) is 6.08 Å². The molecule has 0 aliphatic carbocycles. The molecule has 1 aromatic carbocycles. The molecule has 1 aromatic heterocycles. The molecule has 2 rings (SSSR count). The van der Waals surface area contributed by atoms with Gasteiger partial charge in [-0.15, -0.1) is 0 Å². The number of carbonyl (C=O) groups is 1. The average molecular weight is 270 g/mol. The van der Waals surface area contributed by atoms with E-state index in [4.69, 9.17) is 4.74 Å². The summed E-state index contributed by atoms with van der Waals surface area (Å²) in [6, 6.07) is 7.15. The predicted octanol–water partition coefficient (Wildman–Crippen LogP) is 3.32. The Balaban J connectivity index is 2.12. The van der Waals surface area contributed by atoms with Crippen LogP contribution < -0.4 is 4.74 Å². The molecule has 20 heavy (non-hydrogen) atoms. The van der Waals surface area contributed by atoms with Crippen LogP contribution in [0.5, 0.6) is 5.75 Å². The molecule has 0 saturated carbocycles. The quantitative estimate of drug-likeness (QED) is 0.669. The van der Waals surface area contributed by atoms with Gasteiger partial charge < -0.3 is 4.74 Å². The number of aromatic amines is 1. The van der Waals surface area contributed by atoms with Gasteiger partial charge in [-0.3, -0.25) is 9.89 Å². The van der Waals surface area contributed by atoms with E-state index in [9.17, 15) is 4.79 Å². The number of benzene rings is 1. The Kier molecular flexibility index (Phi) is 4.35. The van der Waals surface area contributed by atoms with Crippen LogP contribution in [0.2, 0.25) is 0 Å². The fourth-order valence-corrected chi connectivity index (χ4v) is 1.94. The van der Waals surface area contributed by atoms with Crippen LogP contribution in [0.1, 0.15) is 34.2 Å². The Morgan fingerprint density at radius 1 is 1.30 bits per heavy atom. The predicted molar refractivity (Wildman–Crippen MR) is 79.0 cm³/mol. The lowest BCUT2D eigenvalue weighted by atomic mass is 10.1. The topological polar surface area (TPSA) is 55.0 Å². The van der Waals surface area contributed by atoms with Crippen LogP contribution in [0.3, 0.4) is 0 Å². The summed E-state index contributed by atoms with van der Waals surface area (Å²) in [7, 11) is 0. The van der Waals surface area contributed by atoms with Crippen molar-refractivity contribution in [3.05, 3.63) is 52.9 Å². The molecule has 0 amide bonds. The minimum atomic E-state index is -0.0342. The number of hydrogen-bond donors (Lipinski definition) is 1. The van der Waals surface area contributed by atoms with Gasteiger partial charge in [-0.25, -0.2) is 0 Å². The smallest absolute Gasteiger partial charge is 0.185 e. The third kappa shape index (κ3) is 3.15. The zero-order valence-electron chi connectivity index (χ0n) is 11.9. The van der Waals surface area contributed by atoms with E-state index in [0.29, 0.717) is 12.2 Å². The number of nitrogens with zero attached hydrogens (tertiary/aromatic N) is 1. The maximum absolute atomic E-state index is 12.1. The van der Waals surface area contributed by atoms with E-state index >= 15 is 0 Å². The number of carbonyl (C=O) groups excluding carboxylic acids is 1. The largest absolute Gasteiger partial charge is 0.494 e. The monoisotopic (exact) mass is 270 g/mol. The molecule has 4 heteroatoms. The minimum Gasteiger partial charge on any atom is -0.494 e. The molecular formula is C16H18N2O2. The number of allylic oxidation sites excluding steroid dienone is 1. The van der Waals surface area contributed by atoms with E-state index in [1.54, 1.807) is 36.4 Å². The summed E-state index contributed by atoms with van der Waals surface area (Å²) >= 11 is 0. The molecule has 1 heterocycles. The summed E-state index contributed by atoms with van der Waals surface area (Å²) in [6.07, 6.45) is 3.37. The summed E-state index contributed by atoms with van der Waals surface area (Å²) in [5, 5.41) is 6.99. The molecular weight excluding hydrogens is 252 g/mol. The number of nitrogens with one attached hydrogen (secondary N) is 1. The molecule has 2 aromatic rings. The van der Waals surface area contributed by atoms with Crippen molar-refractivity contribution < 1.29 is 9.53 Å². The number of ether oxygens (including phenoxy) is 1. The molecule has 0 spiro atoms. The third-order valence-electron chi connectivity index (χ3n) is 3.04. The Morgan fingerprint density at radius 2 is 2.00 bits per heavy atom. The van der Waals surface area contributed by atoms with Gasteiger partial charge in [-0.05, 0) is 57.2 Å². The van der Waals surface area contributed by atoms with Gasteiger partial charge >= 0.3 is 0 Å². The Bertz CT molecular complexity index is 605. The van der Waals surface area contributed by atoms with Gasteiger partial charge in [0.1, 0.15) is 5.75 Å². The van der Waals surface area contributed by atoms with Gasteiger partial charge in [-0.2, -0.15) is 5.10 Å². The number of ketones is 1. The van der Waals surface area contributed by atoms with Crippen LogP contribution in [0, 0.1) is 13.8 Å². The van der Waals surface area contributed by atoms with E-state index in [-0.39, 0.29) is 5.78 Å². The first-order chi connectivity index (χ1) is 9.61. The molecule has 0 aliphatic rings. The van der Waals surface area contributed by atoms with Crippen LogP contribution >= 0.6 is 0 Å². The molecule has 0 aliphatic heterocycles. The first-order valence-corrected chi connectivity index (χ1v) is 6.58. The van der Waals surface area contributed by atoms with E-state index in [1.165, 1.54) is 0 Å². The van der Waals surface area contributed by atoms with Crippen molar-refractivity contribution in [1.82, 2.24) is 10.2 Å². The van der Waals surface area contributed by atoms with Crippen molar-refractivity contribution in [2.24, 2.45) is 0 Å². The zero-order valence-corrected chi connectivity index (χ0v) is 11.9. The summed E-state index contributed by atoms with van der Waals surface area (Å²) in [6.45, 7) is 6.38. The minimum absolute atomic E-state index is 0.0342. The number of H-pyrrole nitrogens is 1. The van der Waals surface area contributed by atoms with Crippen molar-refractivity contribution in [3.63, 3.8) is 0 Å². The molecule has 0 bridgehead atoms. The van der Waals surface area contributed by atoms with Gasteiger partial charge in [0.2, 0.25) is 0 Å². The van der Waals surface area contributed by atoms with Crippen molar-refractivity contribution in [2.45, 2.75) is 20.8 Å². The highest BCUT2D eigenvalue weighted by Crippen LogP contribution is 2.15. The van der Waals surface area contributed by atoms with E-state index in [0.717, 1.165) is 22.7 Å². The molecule has 0 saturated heterocycles. The number of aromatic nitrogens is 2. The van der Waals surface area contributed by atoms with Crippen molar-refractivity contribution in [1.29, 1.82) is 0 Å². The van der Waals surface area contributed by atoms with E-state index in [2.05, 4.69) is 10.2 Å². The fraction of sp³-hybridized carbons (Fsp3) is 0.250. The molecule has 0 radical (unpaired) electrons. The van der Waals surface area contributed by atoms with Crippen LogP contribution in [-0.4, -0.2) is 22.6 Å². The SMILES string of the molecule is CCOc1ccc(C(=O)C=Cc2c(C)n[nH]c2C)cc1. The Morgan fingerprint density at radius 3 is 2.55 bits per heavy atom. The average Bonchev–Trinajstić information content (AvgIpc) is 2.77. The second-order valence-electron chi connectivity index (χ2n) is 4.50. The number of hydrogen-bond acceptors (Lipinski definition) is 3. The Labute approximate surface area is 118 Å². The molecule has 1 N–H and O–H groups in total. The summed E-state index contributed by atoms with van der Waals surface area (Å²) in [5.74, 6) is 0.739. The molecule has 0 fully saturated rings. The molecule has 4 nitrogen and oxygen atoms in total. The second-order valence-corrected chi connectivity index (χ2v) is 4.50. The highest BCUT2D eigenvalue weighted by atomic mass is 16.5. The molecule has 0 unspecified atom stereocenters. The normalized spacial score (nSPS) is 10.9. The van der Waals surface area contributed by atoms with Crippen LogP contribution in [-0.2, 0) is 0 Å². The lowest BCUT2D eigenvalue weighted by Gasteiger charge is -2.02. The van der Waals surface area contributed by atoms with E-state index < -0.39 is 0 Å². The van der Waals surface area contributed by atoms with Crippen molar-refractivity contribution >= 4 is 11.9 Å². The highest BCUT2D eigenvalue weighted by Gasteiger charge is 2.05. The fourth-order valence-electron chi connectivity index (χ4n) is 1.94. The number of aryl methyl sites for hydroxylation is 2. The second kappa shape index (κ2) is 6.19. The maximum atomic E-state index is 12.1. The van der Waals surface area contributed by atoms with Gasteiger partial charge in [-0.1, -0.05) is 0 Å². The maximum Gasteiger partial charge on any atom is 0.185 e. The third-order valence-corrected chi connectivity index (χ3v) is 3.04. The lowest BCUT2D eigenvalue weighted by Crippen LogP contribution is -1.96. The molecule has 104 valence electrons. The first kappa shape index (κ1) is 14.1. The van der Waals surface area contributed by atoms with Gasteiger partial charge in [0.05, 0.1) is 12.3 Å². The van der Waals surface area contributed by atoms with Crippen LogP contribution in [0.4, 0.5) is 0 Å². The molecule has 0 atom stereocenters. The van der Waals surface area contributed by atoms with E-state index in [1.807, 2.05) is 20.8 Å². The van der Waals surface area contributed by atoms with Gasteiger partial charge in [0, 0.05) is 16.8 Å². The highest BCUT2D eigenvalue weighted by molar-refractivity contribution is 6.06. The Hall–Kier alpha value is -2.36. The van der Waals surface area contributed by atoms with Crippen molar-refractivity contribution in [3.8, 4) is 5.75 Å². The summed E-state index contributed by atoms with van der Waals surface area (Å²) in [5.41, 5.74) is 3.45. The zero-order chi connectivity index (χ0) is 14.5. The van der Waals surface area contributed by atoms with Gasteiger partial charge in [0.25, 0.3) is 0 Å². The standard InChI is InChI=1S/C16H18N2O2/c1-4-20-14-7-5-13(6-8-14)16(19)10-9-15-11(2)17-18-12(15)3/h5-10H,4H2,1-3H3,(H,17,18). The van der Waals surface area contributed by atoms with Crippen molar-refractivity contribution in [2.75, 3.05) is 6.61 Å². The lowest BCUT2D eigenvalue weighted by molar-refractivity contribution is 0.104. The summed E-state index contributed by atoms with van der Waals surface area (Å²) < 4.78 is 5.35. The summed E-state index contributed by atoms with van der Waals surface area (Å²) in [4.78, 5) is 12.1. The van der Waals surface area contributed by atoms with Gasteiger partial charge in [0.15, 0.2) is 5.78 Å².